The molecule has 1 aromatic heterocycles. The van der Waals surface area contributed by atoms with Gasteiger partial charge in [0.25, 0.3) is 0 Å². The van der Waals surface area contributed by atoms with Crippen LogP contribution in [0.5, 0.6) is 0 Å². The molecule has 0 aliphatic carbocycles. The largest absolute Gasteiger partial charge is 0.481 e. The van der Waals surface area contributed by atoms with E-state index in [0.29, 0.717) is 44.5 Å². The number of hydrogen-bond acceptors (Lipinski definition) is 7. The summed E-state index contributed by atoms with van der Waals surface area (Å²) in [5.41, 5.74) is 7.03. The third-order valence-electron chi connectivity index (χ3n) is 5.33. The number of carbonyl (C=O) groups excluding carboxylic acids is 1. The van der Waals surface area contributed by atoms with Crippen LogP contribution in [0.15, 0.2) is 39.6 Å². The quantitative estimate of drug-likeness (QED) is 0.486. The Labute approximate surface area is 185 Å². The van der Waals surface area contributed by atoms with Crippen molar-refractivity contribution in [3.8, 4) is 0 Å². The van der Waals surface area contributed by atoms with E-state index < -0.39 is 35.8 Å². The molecule has 31 heavy (non-hydrogen) atoms. The molecular formula is C20H27ClN4O6. The van der Waals surface area contributed by atoms with E-state index in [1.807, 2.05) is 30.3 Å². The van der Waals surface area contributed by atoms with Crippen molar-refractivity contribution < 1.29 is 24.0 Å². The molecule has 0 radical (unpaired) electrons. The maximum atomic E-state index is 12.6. The van der Waals surface area contributed by atoms with Crippen LogP contribution in [-0.4, -0.2) is 50.8 Å². The van der Waals surface area contributed by atoms with Crippen molar-refractivity contribution in [3.63, 3.8) is 0 Å². The number of aliphatic carboxylic acids is 1. The summed E-state index contributed by atoms with van der Waals surface area (Å²) in [6.45, 7) is 0.481. The number of aromatic amines is 1. The molecule has 1 aliphatic heterocycles. The van der Waals surface area contributed by atoms with Crippen LogP contribution >= 0.6 is 12.4 Å². The van der Waals surface area contributed by atoms with Gasteiger partial charge in [0, 0.05) is 19.0 Å². The molecule has 11 heteroatoms. The normalized spacial score (nSPS) is 18.9. The van der Waals surface area contributed by atoms with Crippen molar-refractivity contribution in [2.45, 2.75) is 50.8 Å². The number of carbonyl (C=O) groups is 2. The van der Waals surface area contributed by atoms with Crippen molar-refractivity contribution in [3.05, 3.63) is 52.3 Å². The number of benzene rings is 1. The van der Waals surface area contributed by atoms with Gasteiger partial charge in [0.15, 0.2) is 5.82 Å². The number of hydrogen-bond donors (Lipinski definition) is 3. The summed E-state index contributed by atoms with van der Waals surface area (Å²) in [6.07, 6.45) is 1.97. The van der Waals surface area contributed by atoms with E-state index >= 15 is 0 Å². The Morgan fingerprint density at radius 2 is 2.06 bits per heavy atom. The first-order chi connectivity index (χ1) is 14.5. The highest BCUT2D eigenvalue weighted by molar-refractivity contribution is 5.85. The standard InChI is InChI=1S/C20H26N4O6.ClH/c21-15-10-11-24(20(28)29-12-13-6-2-1-3-7-13)17(15)14(18(25)26)8-4-5-9-16-22-19(27)30-23-16;/h1-3,6-7,14-15,17H,4-5,8-12,21H2,(H,25,26)(H,22,23,27);1H/t14?,15-,17+;/m0./s1. The number of nitrogens with two attached hydrogens (primary N) is 1. The zero-order valence-electron chi connectivity index (χ0n) is 16.9. The fourth-order valence-electron chi connectivity index (χ4n) is 3.84. The number of amides is 1. The van der Waals surface area contributed by atoms with Gasteiger partial charge in [-0.2, -0.15) is 0 Å². The van der Waals surface area contributed by atoms with E-state index in [9.17, 15) is 19.5 Å². The van der Waals surface area contributed by atoms with E-state index in [1.54, 1.807) is 0 Å². The molecule has 0 spiro atoms. The van der Waals surface area contributed by atoms with Gasteiger partial charge in [-0.3, -0.25) is 14.3 Å². The minimum atomic E-state index is -0.993. The maximum absolute atomic E-state index is 12.6. The lowest BCUT2D eigenvalue weighted by atomic mass is 9.89. The van der Waals surface area contributed by atoms with E-state index in [1.165, 1.54) is 4.90 Å². The lowest BCUT2D eigenvalue weighted by Crippen LogP contribution is -2.49. The molecule has 1 unspecified atom stereocenters. The van der Waals surface area contributed by atoms with Gasteiger partial charge in [-0.25, -0.2) is 9.59 Å². The Morgan fingerprint density at radius 3 is 2.71 bits per heavy atom. The highest BCUT2D eigenvalue weighted by Gasteiger charge is 2.43. The van der Waals surface area contributed by atoms with Crippen LogP contribution in [0, 0.1) is 5.92 Å². The zero-order valence-corrected chi connectivity index (χ0v) is 17.8. The number of likely N-dealkylation sites (tertiary alicyclic amines) is 1. The second-order valence-electron chi connectivity index (χ2n) is 7.41. The van der Waals surface area contributed by atoms with Crippen molar-refractivity contribution in [1.82, 2.24) is 15.0 Å². The summed E-state index contributed by atoms with van der Waals surface area (Å²) in [6, 6.07) is 8.23. The Bertz CT molecular complexity index is 902. The molecule has 1 saturated heterocycles. The monoisotopic (exact) mass is 454 g/mol. The number of carboxylic acid groups (broad SMARTS) is 1. The molecule has 10 nitrogen and oxygen atoms in total. The molecule has 1 aliphatic rings. The molecule has 2 aromatic rings. The molecular weight excluding hydrogens is 428 g/mol. The van der Waals surface area contributed by atoms with Gasteiger partial charge < -0.3 is 20.5 Å². The van der Waals surface area contributed by atoms with E-state index in [4.69, 9.17) is 10.5 Å². The number of halogens is 1. The first kappa shape index (κ1) is 24.4. The van der Waals surface area contributed by atoms with Crippen LogP contribution in [0.25, 0.3) is 0 Å². The average Bonchev–Trinajstić information content (AvgIpc) is 3.32. The van der Waals surface area contributed by atoms with Crippen LogP contribution in [0.4, 0.5) is 4.79 Å². The zero-order chi connectivity index (χ0) is 21.5. The summed E-state index contributed by atoms with van der Waals surface area (Å²) < 4.78 is 9.83. The summed E-state index contributed by atoms with van der Waals surface area (Å²) in [7, 11) is 0. The first-order valence-corrected chi connectivity index (χ1v) is 9.96. The summed E-state index contributed by atoms with van der Waals surface area (Å²) in [5, 5.41) is 13.4. The molecule has 3 rings (SSSR count). The van der Waals surface area contributed by atoms with Crippen LogP contribution < -0.4 is 11.5 Å². The second-order valence-corrected chi connectivity index (χ2v) is 7.41. The van der Waals surface area contributed by atoms with Crippen LogP contribution in [0.2, 0.25) is 0 Å². The fraction of sp³-hybridized carbons (Fsp3) is 0.500. The van der Waals surface area contributed by atoms with Crippen LogP contribution in [-0.2, 0) is 22.6 Å². The van der Waals surface area contributed by atoms with Crippen LogP contribution in [0.1, 0.15) is 37.1 Å². The SMILES string of the molecule is Cl.N[C@H]1CCN(C(=O)OCc2ccccc2)[C@@H]1C(CCCCc1noc(=O)[nH]1)C(=O)O. The number of unbranched alkanes of at least 4 members (excludes halogenated alkanes) is 1. The third-order valence-corrected chi connectivity index (χ3v) is 5.33. The van der Waals surface area contributed by atoms with Gasteiger partial charge in [0.1, 0.15) is 6.61 Å². The molecule has 170 valence electrons. The Balaban J connectivity index is 0.00000341. The lowest BCUT2D eigenvalue weighted by molar-refractivity contribution is -0.144. The highest BCUT2D eigenvalue weighted by atomic mass is 35.5. The number of nitrogens with zero attached hydrogens (tertiary/aromatic N) is 2. The number of nitrogens with one attached hydrogen (secondary N) is 1. The number of ether oxygens (including phenoxy) is 1. The smallest absolute Gasteiger partial charge is 0.438 e. The van der Waals surface area contributed by atoms with E-state index in [-0.39, 0.29) is 19.0 Å². The van der Waals surface area contributed by atoms with Gasteiger partial charge in [-0.15, -0.1) is 12.4 Å². The Morgan fingerprint density at radius 1 is 1.32 bits per heavy atom. The lowest BCUT2D eigenvalue weighted by Gasteiger charge is -2.31. The molecule has 4 N–H and O–H groups in total. The number of aryl methyl sites for hydroxylation is 1. The molecule has 0 bridgehead atoms. The molecule has 1 amide bonds. The molecule has 1 fully saturated rings. The minimum Gasteiger partial charge on any atom is -0.481 e. The molecule has 0 saturated carbocycles. The Hall–Kier alpha value is -2.85. The van der Waals surface area contributed by atoms with Crippen molar-refractivity contribution in [2.24, 2.45) is 11.7 Å². The van der Waals surface area contributed by atoms with Gasteiger partial charge >= 0.3 is 17.8 Å². The first-order valence-electron chi connectivity index (χ1n) is 9.96. The van der Waals surface area contributed by atoms with E-state index in [2.05, 4.69) is 14.7 Å². The summed E-state index contributed by atoms with van der Waals surface area (Å²) in [5.74, 6) is -1.98. The summed E-state index contributed by atoms with van der Waals surface area (Å²) >= 11 is 0. The third kappa shape index (κ3) is 6.56. The number of H-pyrrole nitrogens is 1. The fourth-order valence-corrected chi connectivity index (χ4v) is 3.84. The van der Waals surface area contributed by atoms with E-state index in [0.717, 1.165) is 5.56 Å². The Kier molecular flexibility index (Phi) is 9.07. The topological polar surface area (TPSA) is 152 Å². The highest BCUT2D eigenvalue weighted by Crippen LogP contribution is 2.28. The molecule has 2 heterocycles. The maximum Gasteiger partial charge on any atom is 0.438 e. The molecule has 3 atom stereocenters. The second kappa shape index (κ2) is 11.5. The van der Waals surface area contributed by atoms with Gasteiger partial charge in [0.05, 0.1) is 12.0 Å². The predicted octanol–water partition coefficient (Wildman–Crippen LogP) is 1.94. The summed E-state index contributed by atoms with van der Waals surface area (Å²) in [4.78, 5) is 39.4. The number of aromatic nitrogens is 2. The number of rotatable bonds is 9. The van der Waals surface area contributed by atoms with Gasteiger partial charge in [-0.05, 0) is 24.8 Å². The van der Waals surface area contributed by atoms with Crippen molar-refractivity contribution >= 4 is 24.5 Å². The van der Waals surface area contributed by atoms with Gasteiger partial charge in [-0.1, -0.05) is 41.9 Å². The molecule has 1 aromatic carbocycles. The van der Waals surface area contributed by atoms with Crippen molar-refractivity contribution in [2.75, 3.05) is 6.54 Å². The predicted molar refractivity (Wildman–Crippen MR) is 113 cm³/mol. The number of carboxylic acids is 1. The van der Waals surface area contributed by atoms with Crippen LogP contribution in [0.3, 0.4) is 0 Å². The minimum absolute atomic E-state index is 0. The van der Waals surface area contributed by atoms with Crippen molar-refractivity contribution in [1.29, 1.82) is 0 Å². The average molecular weight is 455 g/mol. The van der Waals surface area contributed by atoms with Gasteiger partial charge in [0.2, 0.25) is 0 Å².